The van der Waals surface area contributed by atoms with Crippen LogP contribution in [0.3, 0.4) is 0 Å². The smallest absolute Gasteiger partial charge is 0.231 e. The van der Waals surface area contributed by atoms with E-state index in [2.05, 4.69) is 74.0 Å². The molecule has 0 aliphatic carbocycles. The molecule has 1 heterocycles. The molecule has 0 N–H and O–H groups in total. The van der Waals surface area contributed by atoms with Crippen molar-refractivity contribution >= 4 is 43.9 Å². The van der Waals surface area contributed by atoms with Gasteiger partial charge in [-0.15, -0.1) is 21.9 Å². The summed E-state index contributed by atoms with van der Waals surface area (Å²) < 4.78 is 297. The van der Waals surface area contributed by atoms with Crippen LogP contribution in [0.5, 0.6) is 0 Å². The molecule has 0 atom stereocenters. The van der Waals surface area contributed by atoms with Crippen molar-refractivity contribution in [2.24, 2.45) is 0 Å². The molecule has 1 aromatic heterocycles. The third-order valence-electron chi connectivity index (χ3n) is 9.88. The van der Waals surface area contributed by atoms with Crippen LogP contribution in [0, 0.1) is 116 Å². The fraction of sp³-hybridized carbons (Fsp3) is 0.0244. The van der Waals surface area contributed by atoms with Crippen LogP contribution in [0.2, 0.25) is 0 Å². The third-order valence-corrected chi connectivity index (χ3v) is 10.4. The topological polar surface area (TPSA) is 16.8 Å². The molecule has 0 spiro atoms. The summed E-state index contributed by atoms with van der Waals surface area (Å²) in [4.78, 5) is 4.25. The minimum absolute atomic E-state index is 0.842. The lowest BCUT2D eigenvalue weighted by Crippen LogP contribution is -2.81. The summed E-state index contributed by atoms with van der Waals surface area (Å²) in [5.74, 6) is -71.4. The van der Waals surface area contributed by atoms with Gasteiger partial charge in [-0.3, -0.25) is 4.98 Å². The Morgan fingerprint density at radius 2 is 0.677 bits per heavy atom. The Morgan fingerprint density at radius 3 is 0.985 bits per heavy atom. The Hall–Kier alpha value is -6.46. The summed E-state index contributed by atoms with van der Waals surface area (Å²) in [6, 6.07) is 18.7. The molecule has 6 aromatic carbocycles. The van der Waals surface area contributed by atoms with Gasteiger partial charge in [0.2, 0.25) is 5.69 Å². The van der Waals surface area contributed by atoms with E-state index in [0.29, 0.717) is 0 Å². The van der Waals surface area contributed by atoms with Crippen molar-refractivity contribution < 1.29 is 92.4 Å². The standard InChI is InChI=1S/C24BF20.C17H14BrN2/c26-5-1(6(27)14(35)21(42)13(5)34)25(2-7(28)15(36)22(43)16(37)8(2)29,3-9(30)17(38)23(44)18(39)10(3)31)4-11(32)19(40)24(45)20(41)12(4)33;18-16-8-6-15(7-9-16)17-12-19-10-11-20(17)13-14-4-2-1-3-5-14/h;1-12H,13H2/q-1;+1. The number of hydrogen-bond acceptors (Lipinski definition) is 1. The molecule has 65 heavy (non-hydrogen) atoms. The zero-order valence-electron chi connectivity index (χ0n) is 31.0. The van der Waals surface area contributed by atoms with Gasteiger partial charge in [-0.25, -0.2) is 87.8 Å². The van der Waals surface area contributed by atoms with Gasteiger partial charge in [0.05, 0.1) is 12.4 Å². The maximum Gasteiger partial charge on any atom is 0.231 e. The molecule has 0 aliphatic heterocycles. The van der Waals surface area contributed by atoms with Crippen molar-refractivity contribution in [3.63, 3.8) is 0 Å². The van der Waals surface area contributed by atoms with Gasteiger partial charge >= 0.3 is 0 Å². The van der Waals surface area contributed by atoms with E-state index in [4.69, 9.17) is 0 Å². The molecule has 0 amide bonds. The van der Waals surface area contributed by atoms with E-state index >= 15 is 35.1 Å². The number of halogens is 21. The second kappa shape index (κ2) is 18.2. The van der Waals surface area contributed by atoms with E-state index in [1.165, 1.54) is 5.56 Å². The van der Waals surface area contributed by atoms with Crippen LogP contribution < -0.4 is 26.4 Å². The number of hydrogen-bond donors (Lipinski definition) is 0. The molecule has 0 fully saturated rings. The lowest BCUT2D eigenvalue weighted by atomic mass is 9.12. The highest BCUT2D eigenvalue weighted by molar-refractivity contribution is 9.10. The maximum atomic E-state index is 15.4. The number of nitrogens with zero attached hydrogens (tertiary/aromatic N) is 2. The molecule has 0 saturated heterocycles. The molecule has 0 saturated carbocycles. The van der Waals surface area contributed by atoms with Gasteiger partial charge in [0.15, 0.2) is 82.5 Å². The summed E-state index contributed by atoms with van der Waals surface area (Å²) >= 11 is 3.47. The van der Waals surface area contributed by atoms with Gasteiger partial charge < -0.3 is 0 Å². The predicted molar refractivity (Wildman–Crippen MR) is 192 cm³/mol. The Bertz CT molecular complexity index is 2650. The van der Waals surface area contributed by atoms with Gasteiger partial charge in [0, 0.05) is 15.6 Å². The highest BCUT2D eigenvalue weighted by Gasteiger charge is 2.52. The van der Waals surface area contributed by atoms with Crippen LogP contribution in [0.1, 0.15) is 5.56 Å². The minimum atomic E-state index is -7.22. The second-order valence-corrected chi connectivity index (χ2v) is 14.3. The molecule has 2 nitrogen and oxygen atoms in total. The molecule has 24 heteroatoms. The van der Waals surface area contributed by atoms with Crippen molar-refractivity contribution in [1.82, 2.24) is 4.98 Å². The van der Waals surface area contributed by atoms with E-state index < -0.39 is 144 Å². The second-order valence-electron chi connectivity index (χ2n) is 13.4. The third kappa shape index (κ3) is 7.83. The fourth-order valence-electron chi connectivity index (χ4n) is 7.04. The number of rotatable bonds is 7. The van der Waals surface area contributed by atoms with Crippen LogP contribution in [0.4, 0.5) is 87.8 Å². The zero-order chi connectivity index (χ0) is 48.1. The maximum absolute atomic E-state index is 15.4. The quantitative estimate of drug-likeness (QED) is 0.0512. The summed E-state index contributed by atoms with van der Waals surface area (Å²) in [6.45, 7) is 0.842. The van der Waals surface area contributed by atoms with Crippen LogP contribution in [-0.4, -0.2) is 11.1 Å². The molecule has 7 aromatic rings. The molecule has 0 aliphatic rings. The molecule has 0 bridgehead atoms. The first-order valence-corrected chi connectivity index (χ1v) is 18.2. The first-order valence-electron chi connectivity index (χ1n) is 17.4. The predicted octanol–water partition coefficient (Wildman–Crippen LogP) is 9.69. The minimum Gasteiger partial charge on any atom is -0.252 e. The van der Waals surface area contributed by atoms with Crippen molar-refractivity contribution in [2.75, 3.05) is 0 Å². The largest absolute Gasteiger partial charge is 0.252 e. The fourth-order valence-corrected chi connectivity index (χ4v) is 7.30. The normalized spacial score (nSPS) is 11.5. The van der Waals surface area contributed by atoms with Gasteiger partial charge in [-0.2, -0.15) is 4.57 Å². The Balaban J connectivity index is 0.000000289. The van der Waals surface area contributed by atoms with Crippen molar-refractivity contribution in [1.29, 1.82) is 0 Å². The lowest BCUT2D eigenvalue weighted by Gasteiger charge is -2.44. The highest BCUT2D eigenvalue weighted by Crippen LogP contribution is 2.31. The number of benzene rings is 6. The first-order chi connectivity index (χ1) is 30.5. The van der Waals surface area contributed by atoms with Crippen LogP contribution in [0.25, 0.3) is 11.3 Å². The van der Waals surface area contributed by atoms with Gasteiger partial charge in [0.25, 0.3) is 0 Å². The summed E-state index contributed by atoms with van der Waals surface area (Å²) in [7, 11) is 0. The highest BCUT2D eigenvalue weighted by atomic mass is 79.9. The van der Waals surface area contributed by atoms with E-state index in [9.17, 15) is 52.7 Å². The monoisotopic (exact) mass is 1000 g/mol. The van der Waals surface area contributed by atoms with E-state index in [1.807, 2.05) is 24.7 Å². The van der Waals surface area contributed by atoms with Crippen LogP contribution >= 0.6 is 15.9 Å². The Labute approximate surface area is 358 Å². The number of aromatic nitrogens is 2. The molecular weight excluding hydrogens is 991 g/mol. The molecule has 0 unspecified atom stereocenters. The Kier molecular flexibility index (Phi) is 13.4. The van der Waals surface area contributed by atoms with E-state index in [-0.39, 0.29) is 0 Å². The molecule has 0 radical (unpaired) electrons. The van der Waals surface area contributed by atoms with E-state index in [0.717, 1.165) is 22.3 Å². The summed E-state index contributed by atoms with van der Waals surface area (Å²) in [5, 5.41) is 0. The van der Waals surface area contributed by atoms with Crippen molar-refractivity contribution in [3.05, 3.63) is 200 Å². The van der Waals surface area contributed by atoms with Crippen molar-refractivity contribution in [2.45, 2.75) is 6.54 Å². The van der Waals surface area contributed by atoms with E-state index in [1.54, 1.807) is 0 Å². The SMILES string of the molecule is Brc1ccc(-c2cncc[n+]2Cc2ccccc2)cc1.Fc1c(F)c(F)c([B-](c2c(F)c(F)c(F)c(F)c2F)(c2c(F)c(F)c(F)c(F)c2F)c2c(F)c(F)c(F)c(F)c2F)c(F)c1F. The van der Waals surface area contributed by atoms with Gasteiger partial charge in [0.1, 0.15) is 52.7 Å². The average Bonchev–Trinajstić information content (AvgIpc) is 3.30. The summed E-state index contributed by atoms with van der Waals surface area (Å²) in [6.07, 6.45) is -1.47. The molecule has 338 valence electrons. The summed E-state index contributed by atoms with van der Waals surface area (Å²) in [5.41, 5.74) is -10.8. The Morgan fingerprint density at radius 1 is 0.385 bits per heavy atom. The van der Waals surface area contributed by atoms with Crippen molar-refractivity contribution in [3.8, 4) is 11.3 Å². The van der Waals surface area contributed by atoms with Gasteiger partial charge in [-0.1, -0.05) is 46.3 Å². The zero-order valence-corrected chi connectivity index (χ0v) is 32.6. The van der Waals surface area contributed by atoms with Crippen LogP contribution in [0.15, 0.2) is 77.7 Å². The molecule has 7 rings (SSSR count). The van der Waals surface area contributed by atoms with Crippen LogP contribution in [-0.2, 0) is 6.54 Å². The molecular formula is C41H14BBrF20N2. The van der Waals surface area contributed by atoms with Gasteiger partial charge in [-0.05, 0) is 24.3 Å². The lowest BCUT2D eigenvalue weighted by molar-refractivity contribution is -0.678. The first kappa shape index (κ1) is 48.0. The average molecular weight is 1010 g/mol.